The SMILES string of the molecule is NS(=O)(=O)c1c[nH]c2ncc(-c3ccc(Cn4ccccc4=O)cc3)cc12. The van der Waals surface area contributed by atoms with Crippen molar-refractivity contribution in [3.63, 3.8) is 0 Å². The molecular weight excluding hydrogens is 364 g/mol. The predicted octanol–water partition coefficient (Wildman–Crippen LogP) is 2.09. The van der Waals surface area contributed by atoms with E-state index in [0.29, 0.717) is 17.6 Å². The van der Waals surface area contributed by atoms with Gasteiger partial charge in [-0.25, -0.2) is 18.5 Å². The number of rotatable bonds is 4. The topological polar surface area (TPSA) is 111 Å². The number of pyridine rings is 2. The first-order valence-electron chi connectivity index (χ1n) is 8.16. The van der Waals surface area contributed by atoms with Gasteiger partial charge in [-0.2, -0.15) is 0 Å². The third kappa shape index (κ3) is 3.40. The van der Waals surface area contributed by atoms with Crippen molar-refractivity contribution in [2.24, 2.45) is 5.14 Å². The Morgan fingerprint density at radius 1 is 1.07 bits per heavy atom. The van der Waals surface area contributed by atoms with Gasteiger partial charge in [0.05, 0.1) is 6.54 Å². The summed E-state index contributed by atoms with van der Waals surface area (Å²) in [6.07, 6.45) is 4.76. The zero-order valence-corrected chi connectivity index (χ0v) is 15.0. The Labute approximate surface area is 155 Å². The van der Waals surface area contributed by atoms with Crippen molar-refractivity contribution in [1.29, 1.82) is 0 Å². The van der Waals surface area contributed by atoms with Crippen LogP contribution in [-0.2, 0) is 16.6 Å². The van der Waals surface area contributed by atoms with Gasteiger partial charge in [0.25, 0.3) is 5.56 Å². The summed E-state index contributed by atoms with van der Waals surface area (Å²) >= 11 is 0. The summed E-state index contributed by atoms with van der Waals surface area (Å²) in [4.78, 5) is 18.9. The summed E-state index contributed by atoms with van der Waals surface area (Å²) in [6.45, 7) is 0.477. The number of sulfonamides is 1. The standard InChI is InChI=1S/C19H16N4O3S/c20-27(25,26)17-11-22-19-16(17)9-15(10-21-19)14-6-4-13(5-7-14)12-23-8-2-1-3-18(23)24/h1-11H,12H2,(H,21,22)(H2,20,25,26). The maximum absolute atomic E-state index is 11.8. The van der Waals surface area contributed by atoms with Crippen LogP contribution in [0.15, 0.2) is 76.8 Å². The highest BCUT2D eigenvalue weighted by Gasteiger charge is 2.15. The Hall–Kier alpha value is -3.23. The van der Waals surface area contributed by atoms with E-state index >= 15 is 0 Å². The van der Waals surface area contributed by atoms with Crippen LogP contribution in [-0.4, -0.2) is 23.0 Å². The lowest BCUT2D eigenvalue weighted by atomic mass is 10.0. The molecule has 0 spiro atoms. The van der Waals surface area contributed by atoms with Gasteiger partial charge in [-0.3, -0.25) is 4.79 Å². The highest BCUT2D eigenvalue weighted by molar-refractivity contribution is 7.89. The fourth-order valence-corrected chi connectivity index (χ4v) is 3.65. The Kier molecular flexibility index (Phi) is 4.14. The predicted molar refractivity (Wildman–Crippen MR) is 103 cm³/mol. The van der Waals surface area contributed by atoms with Crippen LogP contribution in [0.3, 0.4) is 0 Å². The number of nitrogens with one attached hydrogen (secondary N) is 1. The molecule has 4 rings (SSSR count). The van der Waals surface area contributed by atoms with Crippen LogP contribution in [0.4, 0.5) is 0 Å². The molecule has 0 aliphatic carbocycles. The Morgan fingerprint density at radius 2 is 1.85 bits per heavy atom. The highest BCUT2D eigenvalue weighted by Crippen LogP contribution is 2.26. The lowest BCUT2D eigenvalue weighted by Crippen LogP contribution is -2.18. The number of aromatic nitrogens is 3. The molecule has 0 saturated heterocycles. The van der Waals surface area contributed by atoms with Gasteiger partial charge >= 0.3 is 0 Å². The molecule has 3 aromatic heterocycles. The van der Waals surface area contributed by atoms with Crippen molar-refractivity contribution in [1.82, 2.24) is 14.5 Å². The monoisotopic (exact) mass is 380 g/mol. The third-order valence-corrected chi connectivity index (χ3v) is 5.29. The second-order valence-electron chi connectivity index (χ2n) is 6.18. The van der Waals surface area contributed by atoms with E-state index < -0.39 is 10.0 Å². The van der Waals surface area contributed by atoms with E-state index in [9.17, 15) is 13.2 Å². The number of fused-ring (bicyclic) bond motifs is 1. The van der Waals surface area contributed by atoms with Crippen molar-refractivity contribution in [3.05, 3.63) is 83.0 Å². The Bertz CT molecular complexity index is 1290. The molecule has 7 nitrogen and oxygen atoms in total. The van der Waals surface area contributed by atoms with Gasteiger partial charge in [0.15, 0.2) is 0 Å². The third-order valence-electron chi connectivity index (χ3n) is 4.34. The van der Waals surface area contributed by atoms with E-state index in [-0.39, 0.29) is 10.5 Å². The highest BCUT2D eigenvalue weighted by atomic mass is 32.2. The minimum Gasteiger partial charge on any atom is -0.345 e. The Balaban J connectivity index is 1.68. The van der Waals surface area contributed by atoms with E-state index in [2.05, 4.69) is 9.97 Å². The zero-order chi connectivity index (χ0) is 19.0. The summed E-state index contributed by atoms with van der Waals surface area (Å²) in [6, 6.07) is 14.5. The van der Waals surface area contributed by atoms with E-state index in [1.807, 2.05) is 30.3 Å². The molecule has 0 amide bonds. The molecule has 0 bridgehead atoms. The molecule has 0 saturated carbocycles. The number of H-pyrrole nitrogens is 1. The second kappa shape index (κ2) is 6.49. The lowest BCUT2D eigenvalue weighted by Gasteiger charge is -2.07. The van der Waals surface area contributed by atoms with Crippen LogP contribution in [0.5, 0.6) is 0 Å². The number of hydrogen-bond donors (Lipinski definition) is 2. The molecule has 0 fully saturated rings. The molecule has 0 radical (unpaired) electrons. The number of hydrogen-bond acceptors (Lipinski definition) is 4. The van der Waals surface area contributed by atoms with Gasteiger partial charge in [-0.1, -0.05) is 30.3 Å². The van der Waals surface area contributed by atoms with Crippen molar-refractivity contribution in [2.45, 2.75) is 11.4 Å². The number of benzene rings is 1. The molecular formula is C19H16N4O3S. The van der Waals surface area contributed by atoms with Gasteiger partial charge in [0.2, 0.25) is 10.0 Å². The van der Waals surface area contributed by atoms with Crippen LogP contribution >= 0.6 is 0 Å². The molecule has 0 unspecified atom stereocenters. The van der Waals surface area contributed by atoms with Gasteiger partial charge in [-0.15, -0.1) is 0 Å². The van der Waals surface area contributed by atoms with Crippen LogP contribution in [0.1, 0.15) is 5.56 Å². The second-order valence-corrected chi connectivity index (χ2v) is 7.71. The summed E-state index contributed by atoms with van der Waals surface area (Å²) in [5.74, 6) is 0. The smallest absolute Gasteiger partial charge is 0.250 e. The van der Waals surface area contributed by atoms with E-state index in [1.54, 1.807) is 29.1 Å². The quantitative estimate of drug-likeness (QED) is 0.565. The molecule has 3 heterocycles. The van der Waals surface area contributed by atoms with Gasteiger partial charge < -0.3 is 9.55 Å². The molecule has 136 valence electrons. The van der Waals surface area contributed by atoms with Crippen molar-refractivity contribution in [2.75, 3.05) is 0 Å². The summed E-state index contributed by atoms with van der Waals surface area (Å²) in [7, 11) is -3.83. The van der Waals surface area contributed by atoms with Crippen LogP contribution < -0.4 is 10.7 Å². The molecule has 8 heteroatoms. The maximum Gasteiger partial charge on any atom is 0.250 e. The Morgan fingerprint density at radius 3 is 2.56 bits per heavy atom. The first kappa shape index (κ1) is 17.2. The number of aromatic amines is 1. The number of nitrogens with two attached hydrogens (primary N) is 1. The lowest BCUT2D eigenvalue weighted by molar-refractivity contribution is 0.598. The summed E-state index contributed by atoms with van der Waals surface area (Å²) < 4.78 is 25.0. The van der Waals surface area contributed by atoms with Crippen LogP contribution in [0, 0.1) is 0 Å². The fraction of sp³-hybridized carbons (Fsp3) is 0.0526. The molecule has 0 aliphatic heterocycles. The average molecular weight is 380 g/mol. The largest absolute Gasteiger partial charge is 0.345 e. The molecule has 0 aliphatic rings. The van der Waals surface area contributed by atoms with Gasteiger partial charge in [0, 0.05) is 35.6 Å². The van der Waals surface area contributed by atoms with E-state index in [4.69, 9.17) is 5.14 Å². The number of primary sulfonamides is 1. The summed E-state index contributed by atoms with van der Waals surface area (Å²) in [5.41, 5.74) is 3.04. The zero-order valence-electron chi connectivity index (χ0n) is 14.2. The van der Waals surface area contributed by atoms with Gasteiger partial charge in [0.1, 0.15) is 10.5 Å². The maximum atomic E-state index is 11.8. The van der Waals surface area contributed by atoms with Crippen molar-refractivity contribution < 1.29 is 8.42 Å². The molecule has 1 aromatic carbocycles. The van der Waals surface area contributed by atoms with E-state index in [0.717, 1.165) is 16.7 Å². The summed E-state index contributed by atoms with van der Waals surface area (Å²) in [5, 5.41) is 5.71. The number of nitrogens with zero attached hydrogens (tertiary/aromatic N) is 2. The average Bonchev–Trinajstić information content (AvgIpc) is 3.08. The minimum atomic E-state index is -3.83. The minimum absolute atomic E-state index is 0.0203. The fourth-order valence-electron chi connectivity index (χ4n) is 2.96. The van der Waals surface area contributed by atoms with Crippen molar-refractivity contribution in [3.8, 4) is 11.1 Å². The first-order valence-corrected chi connectivity index (χ1v) is 9.71. The molecule has 0 atom stereocenters. The molecule has 27 heavy (non-hydrogen) atoms. The normalized spacial score (nSPS) is 11.7. The molecule has 3 N–H and O–H groups in total. The van der Waals surface area contributed by atoms with Gasteiger partial charge in [-0.05, 0) is 23.3 Å². The van der Waals surface area contributed by atoms with Crippen LogP contribution in [0.2, 0.25) is 0 Å². The van der Waals surface area contributed by atoms with Crippen molar-refractivity contribution >= 4 is 21.1 Å². The van der Waals surface area contributed by atoms with Crippen LogP contribution in [0.25, 0.3) is 22.2 Å². The van der Waals surface area contributed by atoms with E-state index in [1.165, 1.54) is 12.3 Å². The molecule has 4 aromatic rings. The first-order chi connectivity index (χ1) is 12.9.